The third kappa shape index (κ3) is 2.78. The molecule has 0 radical (unpaired) electrons. The van der Waals surface area contributed by atoms with Crippen LogP contribution < -0.4 is 0 Å². The molecule has 1 saturated heterocycles. The molecular formula is C20H30O7. The van der Waals surface area contributed by atoms with Crippen LogP contribution in [0.1, 0.15) is 32.6 Å². The van der Waals surface area contributed by atoms with E-state index in [2.05, 4.69) is 13.5 Å². The molecule has 0 unspecified atom stereocenters. The van der Waals surface area contributed by atoms with Crippen molar-refractivity contribution in [1.29, 1.82) is 0 Å². The number of hydrogen-bond acceptors (Lipinski definition) is 7. The summed E-state index contributed by atoms with van der Waals surface area (Å²) in [6.45, 7) is 7.38. The van der Waals surface area contributed by atoms with Crippen molar-refractivity contribution in [3.63, 3.8) is 0 Å². The molecule has 2 aliphatic carbocycles. The number of rotatable bonds is 8. The Morgan fingerprint density at radius 3 is 2.59 bits per heavy atom. The van der Waals surface area contributed by atoms with Gasteiger partial charge in [-0.2, -0.15) is 0 Å². The summed E-state index contributed by atoms with van der Waals surface area (Å²) < 4.78 is 27.6. The summed E-state index contributed by atoms with van der Waals surface area (Å²) in [7, 11) is 2.90. The number of ether oxygens (including phenoxy) is 5. The van der Waals surface area contributed by atoms with Gasteiger partial charge in [-0.3, -0.25) is 9.59 Å². The van der Waals surface area contributed by atoms with E-state index in [1.54, 1.807) is 13.2 Å². The topological polar surface area (TPSA) is 80.3 Å². The number of fused-ring (bicyclic) bond motifs is 3. The molecule has 1 heterocycles. The van der Waals surface area contributed by atoms with E-state index in [-0.39, 0.29) is 24.9 Å². The maximum Gasteiger partial charge on any atom is 0.320 e. The number of carbonyl (C=O) groups excluding carboxylic acids is 2. The molecule has 0 N–H and O–H groups in total. The Balaban J connectivity index is 2.06. The molecule has 27 heavy (non-hydrogen) atoms. The molecule has 3 aliphatic rings. The van der Waals surface area contributed by atoms with Crippen LogP contribution in [-0.4, -0.2) is 58.4 Å². The second-order valence-electron chi connectivity index (χ2n) is 7.85. The number of ketones is 1. The van der Waals surface area contributed by atoms with Gasteiger partial charge in [0.2, 0.25) is 0 Å². The molecule has 1 spiro atoms. The van der Waals surface area contributed by atoms with Crippen LogP contribution in [0.3, 0.4) is 0 Å². The van der Waals surface area contributed by atoms with Crippen LogP contribution in [0.4, 0.5) is 0 Å². The van der Waals surface area contributed by atoms with Crippen molar-refractivity contribution in [2.45, 2.75) is 38.4 Å². The molecule has 2 saturated carbocycles. The van der Waals surface area contributed by atoms with E-state index in [9.17, 15) is 9.59 Å². The maximum absolute atomic E-state index is 13.7. The van der Waals surface area contributed by atoms with Gasteiger partial charge in [0.25, 0.3) is 0 Å². The second-order valence-corrected chi connectivity index (χ2v) is 7.85. The smallest absolute Gasteiger partial charge is 0.320 e. The summed E-state index contributed by atoms with van der Waals surface area (Å²) >= 11 is 0. The van der Waals surface area contributed by atoms with E-state index in [0.717, 1.165) is 0 Å². The van der Waals surface area contributed by atoms with Gasteiger partial charge in [-0.25, -0.2) is 0 Å². The highest BCUT2D eigenvalue weighted by atomic mass is 16.7. The third-order valence-electron chi connectivity index (χ3n) is 6.87. The van der Waals surface area contributed by atoms with Crippen LogP contribution in [-0.2, 0) is 33.3 Å². The Labute approximate surface area is 160 Å². The lowest BCUT2D eigenvalue weighted by Crippen LogP contribution is -2.53. The van der Waals surface area contributed by atoms with Crippen LogP contribution in [0.5, 0.6) is 0 Å². The van der Waals surface area contributed by atoms with Crippen LogP contribution in [0.25, 0.3) is 0 Å². The molecule has 0 amide bonds. The largest absolute Gasteiger partial charge is 0.468 e. The number of methoxy groups -OCH3 is 2. The Morgan fingerprint density at radius 2 is 2.00 bits per heavy atom. The number of hydrogen-bond donors (Lipinski definition) is 0. The molecule has 2 bridgehead atoms. The minimum absolute atomic E-state index is 0.00324. The lowest BCUT2D eigenvalue weighted by Gasteiger charge is -2.50. The standard InChI is InChI=1S/C20H30O7/c1-5-6-19(17(22)24-4)16(21)15-12-18(19,7-8-25-13-23-3)14(2)11-20(15)26-9-10-27-20/h5,14-15H,1,6-13H2,2-4H3/t14-,15+,18+,19+/m0/s1. The molecular weight excluding hydrogens is 352 g/mol. The summed E-state index contributed by atoms with van der Waals surface area (Å²) in [5, 5.41) is 0. The Hall–Kier alpha value is -1.28. The number of esters is 1. The lowest BCUT2D eigenvalue weighted by molar-refractivity contribution is -0.227. The summed E-state index contributed by atoms with van der Waals surface area (Å²) in [5.41, 5.74) is -1.88. The Morgan fingerprint density at radius 1 is 1.30 bits per heavy atom. The molecule has 7 heteroatoms. The van der Waals surface area contributed by atoms with Crippen LogP contribution in [0, 0.1) is 22.7 Å². The van der Waals surface area contributed by atoms with Gasteiger partial charge < -0.3 is 23.7 Å². The van der Waals surface area contributed by atoms with Crippen molar-refractivity contribution in [3.8, 4) is 0 Å². The van der Waals surface area contributed by atoms with E-state index in [1.165, 1.54) is 7.11 Å². The first kappa shape index (κ1) is 20.5. The quantitative estimate of drug-likeness (QED) is 0.209. The zero-order valence-electron chi connectivity index (χ0n) is 16.5. The highest BCUT2D eigenvalue weighted by molar-refractivity contribution is 6.08. The molecule has 152 valence electrons. The van der Waals surface area contributed by atoms with Gasteiger partial charge in [0.1, 0.15) is 12.2 Å². The molecule has 1 aliphatic heterocycles. The van der Waals surface area contributed by atoms with Crippen molar-refractivity contribution >= 4 is 11.8 Å². The normalized spacial score (nSPS) is 36.9. The number of carbonyl (C=O) groups is 2. The van der Waals surface area contributed by atoms with Gasteiger partial charge >= 0.3 is 5.97 Å². The first-order valence-electron chi connectivity index (χ1n) is 9.52. The van der Waals surface area contributed by atoms with Crippen molar-refractivity contribution in [3.05, 3.63) is 12.7 Å². The number of Topliss-reactive ketones (excluding diaryl/α,β-unsaturated/α-hetero) is 1. The summed E-state index contributed by atoms with van der Waals surface area (Å²) in [4.78, 5) is 26.8. The third-order valence-corrected chi connectivity index (χ3v) is 6.87. The predicted molar refractivity (Wildman–Crippen MR) is 95.7 cm³/mol. The fourth-order valence-corrected chi connectivity index (χ4v) is 5.75. The average Bonchev–Trinajstić information content (AvgIpc) is 3.20. The summed E-state index contributed by atoms with van der Waals surface area (Å²) in [6.07, 6.45) is 3.53. The fraction of sp³-hybridized carbons (Fsp3) is 0.800. The van der Waals surface area contributed by atoms with Crippen molar-refractivity contribution in [2.75, 3.05) is 40.8 Å². The summed E-state index contributed by atoms with van der Waals surface area (Å²) in [6, 6.07) is 0. The van der Waals surface area contributed by atoms with E-state index in [1.807, 2.05) is 0 Å². The van der Waals surface area contributed by atoms with Crippen molar-refractivity contribution in [1.82, 2.24) is 0 Å². The second kappa shape index (κ2) is 7.62. The molecule has 4 atom stereocenters. The minimum Gasteiger partial charge on any atom is -0.468 e. The van der Waals surface area contributed by atoms with Gasteiger partial charge in [-0.1, -0.05) is 13.0 Å². The highest BCUT2D eigenvalue weighted by Crippen LogP contribution is 2.69. The van der Waals surface area contributed by atoms with Gasteiger partial charge in [-0.05, 0) is 30.6 Å². The molecule has 3 rings (SSSR count). The van der Waals surface area contributed by atoms with E-state index in [4.69, 9.17) is 23.7 Å². The molecule has 0 aromatic heterocycles. The molecule has 3 fully saturated rings. The predicted octanol–water partition coefficient (Wildman–Crippen LogP) is 2.09. The van der Waals surface area contributed by atoms with E-state index < -0.39 is 28.5 Å². The first-order chi connectivity index (χ1) is 12.9. The zero-order valence-corrected chi connectivity index (χ0v) is 16.5. The lowest BCUT2D eigenvalue weighted by atomic mass is 9.54. The van der Waals surface area contributed by atoms with Gasteiger partial charge in [0.05, 0.1) is 32.8 Å². The Kier molecular flexibility index (Phi) is 5.77. The minimum atomic E-state index is -1.29. The van der Waals surface area contributed by atoms with Gasteiger partial charge in [0, 0.05) is 13.5 Å². The van der Waals surface area contributed by atoms with E-state index in [0.29, 0.717) is 39.1 Å². The van der Waals surface area contributed by atoms with Crippen molar-refractivity contribution in [2.24, 2.45) is 22.7 Å². The van der Waals surface area contributed by atoms with Gasteiger partial charge in [-0.15, -0.1) is 6.58 Å². The average molecular weight is 382 g/mol. The molecule has 7 nitrogen and oxygen atoms in total. The van der Waals surface area contributed by atoms with Crippen LogP contribution >= 0.6 is 0 Å². The first-order valence-corrected chi connectivity index (χ1v) is 9.52. The van der Waals surface area contributed by atoms with Gasteiger partial charge in [0.15, 0.2) is 11.6 Å². The molecule has 0 aromatic rings. The summed E-state index contributed by atoms with van der Waals surface area (Å²) in [5.74, 6) is -2.05. The van der Waals surface area contributed by atoms with Crippen LogP contribution in [0.15, 0.2) is 12.7 Å². The maximum atomic E-state index is 13.7. The van der Waals surface area contributed by atoms with E-state index >= 15 is 0 Å². The van der Waals surface area contributed by atoms with Crippen molar-refractivity contribution < 1.29 is 33.3 Å². The molecule has 0 aromatic carbocycles. The highest BCUT2D eigenvalue weighted by Gasteiger charge is 2.76. The monoisotopic (exact) mass is 382 g/mol. The zero-order chi connectivity index (χ0) is 19.7. The fourth-order valence-electron chi connectivity index (χ4n) is 5.75. The Bertz CT molecular complexity index is 597. The SMILES string of the molecule is C=CC[C@]1(C(=O)OC)C(=O)[C@H]2C[C@]1(CCOCOC)[C@@H](C)CC21OCCO1. The van der Waals surface area contributed by atoms with Crippen LogP contribution in [0.2, 0.25) is 0 Å². The number of allylic oxidation sites excluding steroid dienone is 1.